The summed E-state index contributed by atoms with van der Waals surface area (Å²) in [5.74, 6) is 0.0265. The molecule has 0 radical (unpaired) electrons. The largest absolute Gasteiger partial charge is 0.495 e. The predicted molar refractivity (Wildman–Crippen MR) is 80.4 cm³/mol. The molecule has 2 aromatic rings. The van der Waals surface area contributed by atoms with Crippen LogP contribution in [0, 0.1) is 0 Å². The van der Waals surface area contributed by atoms with Crippen LogP contribution in [0.15, 0.2) is 18.3 Å². The molecule has 1 fully saturated rings. The first-order chi connectivity index (χ1) is 10.2. The maximum Gasteiger partial charge on any atom is 0.495 e. The molecule has 22 heavy (non-hydrogen) atoms. The Morgan fingerprint density at radius 1 is 1.32 bits per heavy atom. The summed E-state index contributed by atoms with van der Waals surface area (Å²) in [6.45, 7) is 7.93. The van der Waals surface area contributed by atoms with Crippen LogP contribution in [0.3, 0.4) is 0 Å². The minimum Gasteiger partial charge on any atom is -0.465 e. The van der Waals surface area contributed by atoms with Crippen molar-refractivity contribution in [2.24, 2.45) is 0 Å². The van der Waals surface area contributed by atoms with E-state index in [0.29, 0.717) is 5.65 Å². The van der Waals surface area contributed by atoms with E-state index in [0.717, 1.165) is 5.46 Å². The van der Waals surface area contributed by atoms with Crippen molar-refractivity contribution >= 4 is 30.3 Å². The van der Waals surface area contributed by atoms with E-state index < -0.39 is 24.4 Å². The molecule has 3 rings (SSSR count). The Bertz CT molecular complexity index is 727. The smallest absolute Gasteiger partial charge is 0.465 e. The number of pyridine rings is 1. The fraction of sp³-hybridized carbons (Fsp3) is 0.462. The molecule has 2 N–H and O–H groups in total. The number of nitrogens with one attached hydrogen (secondary N) is 1. The molecule has 0 aliphatic carbocycles. The van der Waals surface area contributed by atoms with Crippen molar-refractivity contribution in [1.82, 2.24) is 14.6 Å². The lowest BCUT2D eigenvalue weighted by Gasteiger charge is -2.32. The van der Waals surface area contributed by atoms with Gasteiger partial charge in [0, 0.05) is 6.20 Å². The lowest BCUT2D eigenvalue weighted by Crippen LogP contribution is -2.41. The molecule has 1 saturated heterocycles. The minimum absolute atomic E-state index is 0.0265. The Hall–Kier alpha value is -2.13. The topological polar surface area (TPSA) is 98.0 Å². The van der Waals surface area contributed by atoms with Crippen LogP contribution in [0.2, 0.25) is 0 Å². The summed E-state index contributed by atoms with van der Waals surface area (Å²) in [6.07, 6.45) is 0.484. The molecule has 2 aromatic heterocycles. The summed E-state index contributed by atoms with van der Waals surface area (Å²) >= 11 is 0. The molecular formula is C13H17BN4O4. The van der Waals surface area contributed by atoms with Gasteiger partial charge in [0.25, 0.3) is 5.95 Å². The van der Waals surface area contributed by atoms with Crippen LogP contribution in [-0.2, 0) is 9.31 Å². The average Bonchev–Trinajstić information content (AvgIpc) is 2.85. The number of aromatic nitrogens is 3. The van der Waals surface area contributed by atoms with E-state index in [9.17, 15) is 4.79 Å². The summed E-state index contributed by atoms with van der Waals surface area (Å²) in [7, 11) is -0.498. The molecule has 0 spiro atoms. The molecule has 1 aliphatic rings. The van der Waals surface area contributed by atoms with Gasteiger partial charge < -0.3 is 14.4 Å². The van der Waals surface area contributed by atoms with Crippen LogP contribution in [0.4, 0.5) is 10.7 Å². The van der Waals surface area contributed by atoms with E-state index >= 15 is 0 Å². The van der Waals surface area contributed by atoms with Crippen molar-refractivity contribution in [1.29, 1.82) is 0 Å². The van der Waals surface area contributed by atoms with E-state index in [1.807, 2.05) is 33.8 Å². The van der Waals surface area contributed by atoms with Crippen molar-refractivity contribution in [3.05, 3.63) is 18.3 Å². The molecule has 9 heteroatoms. The highest BCUT2D eigenvalue weighted by Gasteiger charge is 2.51. The molecule has 0 saturated carbocycles. The molecule has 0 bridgehead atoms. The fourth-order valence-electron chi connectivity index (χ4n) is 2.17. The van der Waals surface area contributed by atoms with E-state index in [2.05, 4.69) is 15.4 Å². The van der Waals surface area contributed by atoms with Crippen molar-refractivity contribution in [3.8, 4) is 0 Å². The van der Waals surface area contributed by atoms with Gasteiger partial charge in [-0.3, -0.25) is 5.32 Å². The lowest BCUT2D eigenvalue weighted by molar-refractivity contribution is 0.00578. The molecule has 0 unspecified atom stereocenters. The predicted octanol–water partition coefficient (Wildman–Crippen LogP) is 1.12. The number of hydrogen-bond donors (Lipinski definition) is 2. The first kappa shape index (κ1) is 14.8. The minimum atomic E-state index is -1.21. The first-order valence-corrected chi connectivity index (χ1v) is 6.90. The highest BCUT2D eigenvalue weighted by molar-refractivity contribution is 6.62. The summed E-state index contributed by atoms with van der Waals surface area (Å²) in [5, 5.41) is 14.8. The molecule has 0 atom stereocenters. The zero-order valence-corrected chi connectivity index (χ0v) is 12.8. The van der Waals surface area contributed by atoms with Gasteiger partial charge in [0.1, 0.15) is 0 Å². The maximum atomic E-state index is 10.6. The maximum absolute atomic E-state index is 10.6. The van der Waals surface area contributed by atoms with Crippen LogP contribution in [0.25, 0.3) is 5.65 Å². The van der Waals surface area contributed by atoms with Crippen molar-refractivity contribution in [2.75, 3.05) is 5.32 Å². The molecule has 116 valence electrons. The van der Waals surface area contributed by atoms with Gasteiger partial charge in [0.2, 0.25) is 0 Å². The summed E-state index contributed by atoms with van der Waals surface area (Å²) in [5.41, 5.74) is 0.470. The summed E-state index contributed by atoms with van der Waals surface area (Å²) in [4.78, 5) is 14.7. The summed E-state index contributed by atoms with van der Waals surface area (Å²) in [6, 6.07) is 3.58. The Balaban J connectivity index is 1.91. The van der Waals surface area contributed by atoms with Gasteiger partial charge in [0.05, 0.1) is 11.2 Å². The van der Waals surface area contributed by atoms with Gasteiger partial charge in [0.15, 0.2) is 5.65 Å². The van der Waals surface area contributed by atoms with Crippen molar-refractivity contribution < 1.29 is 19.2 Å². The van der Waals surface area contributed by atoms with Gasteiger partial charge in [-0.1, -0.05) is 0 Å². The second-order valence-corrected chi connectivity index (χ2v) is 6.22. The van der Waals surface area contributed by atoms with E-state index in [-0.39, 0.29) is 5.95 Å². The molecule has 0 aromatic carbocycles. The third kappa shape index (κ3) is 2.42. The van der Waals surface area contributed by atoms with Crippen LogP contribution in [0.5, 0.6) is 0 Å². The number of nitrogens with zero attached hydrogens (tertiary/aromatic N) is 3. The monoisotopic (exact) mass is 304 g/mol. The Morgan fingerprint density at radius 3 is 2.55 bits per heavy atom. The number of carboxylic acid groups (broad SMARTS) is 1. The highest BCUT2D eigenvalue weighted by Crippen LogP contribution is 2.36. The number of carbonyl (C=O) groups is 1. The van der Waals surface area contributed by atoms with Crippen molar-refractivity contribution in [3.63, 3.8) is 0 Å². The summed E-state index contributed by atoms with van der Waals surface area (Å²) < 4.78 is 13.4. The van der Waals surface area contributed by atoms with Gasteiger partial charge >= 0.3 is 13.2 Å². The zero-order valence-electron chi connectivity index (χ0n) is 12.8. The number of hydrogen-bond acceptors (Lipinski definition) is 5. The zero-order chi connectivity index (χ0) is 16.1. The third-order valence-electron chi connectivity index (χ3n) is 4.11. The molecule has 1 amide bonds. The van der Waals surface area contributed by atoms with Gasteiger partial charge in [-0.15, -0.1) is 5.10 Å². The fourth-order valence-corrected chi connectivity index (χ4v) is 2.17. The van der Waals surface area contributed by atoms with E-state index in [1.165, 1.54) is 4.52 Å². The number of amides is 1. The van der Waals surface area contributed by atoms with Gasteiger partial charge in [-0.05, 0) is 45.3 Å². The SMILES string of the molecule is CC1(C)OB(c2ccn3nc(NC(=O)O)nc3c2)OC1(C)C. The Kier molecular flexibility index (Phi) is 3.15. The van der Waals surface area contributed by atoms with Crippen LogP contribution < -0.4 is 10.8 Å². The quantitative estimate of drug-likeness (QED) is 0.807. The van der Waals surface area contributed by atoms with Crippen LogP contribution in [0.1, 0.15) is 27.7 Å². The first-order valence-electron chi connectivity index (χ1n) is 6.90. The van der Waals surface area contributed by atoms with Gasteiger partial charge in [-0.25, -0.2) is 9.31 Å². The molecular weight excluding hydrogens is 287 g/mol. The molecule has 3 heterocycles. The average molecular weight is 304 g/mol. The normalized spacial score (nSPS) is 19.5. The number of rotatable bonds is 2. The number of fused-ring (bicyclic) bond motifs is 1. The lowest BCUT2D eigenvalue weighted by atomic mass is 9.80. The van der Waals surface area contributed by atoms with E-state index in [4.69, 9.17) is 14.4 Å². The van der Waals surface area contributed by atoms with Crippen LogP contribution in [-0.4, -0.2) is 44.1 Å². The number of anilines is 1. The van der Waals surface area contributed by atoms with E-state index in [1.54, 1.807) is 12.3 Å². The van der Waals surface area contributed by atoms with Crippen LogP contribution >= 0.6 is 0 Å². The van der Waals surface area contributed by atoms with Crippen molar-refractivity contribution in [2.45, 2.75) is 38.9 Å². The molecule has 1 aliphatic heterocycles. The standard InChI is InChI=1S/C13H17BN4O4/c1-12(2)13(3,4)22-14(21-12)8-5-6-18-9(7-8)15-10(17-18)16-11(19)20/h5-7H,1-4H3,(H,16,17)(H,19,20). The Labute approximate surface area is 127 Å². The molecule has 8 nitrogen and oxygen atoms in total. The second kappa shape index (κ2) is 4.69. The highest BCUT2D eigenvalue weighted by atomic mass is 16.7. The van der Waals surface area contributed by atoms with Gasteiger partial charge in [-0.2, -0.15) is 4.98 Å². The Morgan fingerprint density at radius 2 is 1.95 bits per heavy atom. The second-order valence-electron chi connectivity index (χ2n) is 6.22. The third-order valence-corrected chi connectivity index (χ3v) is 4.11.